The second kappa shape index (κ2) is 5.17. The van der Waals surface area contributed by atoms with Gasteiger partial charge < -0.3 is 4.55 Å². The zero-order valence-electron chi connectivity index (χ0n) is 9.81. The largest absolute Gasteiger partial charge is 0.760 e. The van der Waals surface area contributed by atoms with E-state index in [2.05, 4.69) is 10.8 Å². The molecule has 0 saturated heterocycles. The van der Waals surface area contributed by atoms with Crippen LogP contribution in [0.2, 0.25) is 0 Å². The molecule has 7 heteroatoms. The summed E-state index contributed by atoms with van der Waals surface area (Å²) in [5, 5.41) is 9.13. The van der Waals surface area contributed by atoms with Crippen molar-refractivity contribution in [3.05, 3.63) is 35.1 Å². The fourth-order valence-corrected chi connectivity index (χ4v) is 2.37. The van der Waals surface area contributed by atoms with E-state index in [1.165, 1.54) is 12.1 Å². The van der Waals surface area contributed by atoms with Crippen LogP contribution < -0.4 is 4.72 Å². The number of carbonyl (C=O) groups is 1. The molecule has 1 aliphatic rings. The topological polar surface area (TPSA) is 93.0 Å². The Balaban J connectivity index is 2.22. The summed E-state index contributed by atoms with van der Waals surface area (Å²) in [6.07, 6.45) is 0.205. The van der Waals surface area contributed by atoms with Crippen molar-refractivity contribution < 1.29 is 17.9 Å². The van der Waals surface area contributed by atoms with Gasteiger partial charge in [0.25, 0.3) is 0 Å². The Morgan fingerprint density at radius 1 is 1.53 bits per heavy atom. The molecule has 0 heterocycles. The predicted molar refractivity (Wildman–Crippen MR) is 63.7 cm³/mol. The highest BCUT2D eigenvalue weighted by Crippen LogP contribution is 2.41. The third kappa shape index (κ3) is 2.71. The fourth-order valence-electron chi connectivity index (χ4n) is 2.09. The van der Waals surface area contributed by atoms with E-state index in [1.54, 1.807) is 6.07 Å². The van der Waals surface area contributed by atoms with E-state index in [4.69, 9.17) is 5.26 Å². The summed E-state index contributed by atoms with van der Waals surface area (Å²) < 4.78 is 36.5. The van der Waals surface area contributed by atoms with Gasteiger partial charge in [-0.3, -0.25) is 9.00 Å². The first-order valence-electron chi connectivity index (χ1n) is 5.51. The van der Waals surface area contributed by atoms with Gasteiger partial charge >= 0.3 is 0 Å². The lowest BCUT2D eigenvalue weighted by atomic mass is 9.64. The van der Waals surface area contributed by atoms with Crippen molar-refractivity contribution in [1.29, 1.82) is 5.26 Å². The number of carbonyl (C=O) groups excluding carboxylic acids is 1. The van der Waals surface area contributed by atoms with E-state index in [0.29, 0.717) is 5.56 Å². The van der Waals surface area contributed by atoms with Crippen molar-refractivity contribution in [1.82, 2.24) is 4.72 Å². The second-order valence-corrected chi connectivity index (χ2v) is 5.21. The van der Waals surface area contributed by atoms with Gasteiger partial charge in [-0.05, 0) is 11.6 Å². The maximum Gasteiger partial charge on any atom is 0.136 e. The second-order valence-electron chi connectivity index (χ2n) is 4.45. The van der Waals surface area contributed by atoms with Crippen molar-refractivity contribution in [3.8, 4) is 6.07 Å². The molecule has 19 heavy (non-hydrogen) atoms. The number of nitriles is 1. The average Bonchev–Trinajstić information content (AvgIpc) is 2.33. The van der Waals surface area contributed by atoms with Crippen LogP contribution in [0.25, 0.3) is 0 Å². The van der Waals surface area contributed by atoms with Crippen LogP contribution in [0.5, 0.6) is 0 Å². The van der Waals surface area contributed by atoms with Crippen LogP contribution in [0.4, 0.5) is 4.39 Å². The van der Waals surface area contributed by atoms with Crippen molar-refractivity contribution in [2.75, 3.05) is 0 Å². The first-order valence-corrected chi connectivity index (χ1v) is 6.59. The maximum absolute atomic E-state index is 13.8. The molecule has 1 saturated carbocycles. The van der Waals surface area contributed by atoms with Gasteiger partial charge in [0.05, 0.1) is 11.5 Å². The van der Waals surface area contributed by atoms with Crippen molar-refractivity contribution in [2.45, 2.75) is 24.8 Å². The van der Waals surface area contributed by atoms with Crippen LogP contribution in [0.15, 0.2) is 18.2 Å². The lowest BCUT2D eigenvalue weighted by Gasteiger charge is -2.34. The van der Waals surface area contributed by atoms with E-state index in [1.807, 2.05) is 0 Å². The first-order chi connectivity index (χ1) is 8.97. The molecule has 2 rings (SSSR count). The average molecular weight is 281 g/mol. The minimum Gasteiger partial charge on any atom is -0.760 e. The van der Waals surface area contributed by atoms with Crippen LogP contribution >= 0.6 is 0 Å². The Morgan fingerprint density at radius 3 is 2.68 bits per heavy atom. The standard InChI is InChI=1S/C12H11FN2O3S/c13-11-3-9(12(7-14)4-10(16)5-12)2-1-8(11)6-15-19(17)18/h1-3,15H,4-6H2,(H,17,18)/p-1. The lowest BCUT2D eigenvalue weighted by molar-refractivity contribution is -0.126. The molecule has 0 bridgehead atoms. The lowest BCUT2D eigenvalue weighted by Crippen LogP contribution is -2.40. The first kappa shape index (κ1) is 13.8. The van der Waals surface area contributed by atoms with E-state index in [-0.39, 0.29) is 30.7 Å². The van der Waals surface area contributed by atoms with Crippen molar-refractivity contribution in [2.24, 2.45) is 0 Å². The molecule has 1 atom stereocenters. The van der Waals surface area contributed by atoms with E-state index in [0.717, 1.165) is 0 Å². The Bertz CT molecular complexity index is 589. The Kier molecular flexibility index (Phi) is 3.75. The summed E-state index contributed by atoms with van der Waals surface area (Å²) >= 11 is -2.46. The molecule has 0 aromatic heterocycles. The number of halogens is 1. The molecule has 1 aromatic rings. The number of Topliss-reactive ketones (excluding diaryl/α,β-unsaturated/α-hetero) is 1. The molecule has 1 unspecified atom stereocenters. The summed E-state index contributed by atoms with van der Waals surface area (Å²) in [4.78, 5) is 11.1. The number of nitrogens with one attached hydrogen (secondary N) is 1. The molecule has 0 amide bonds. The van der Waals surface area contributed by atoms with Crippen LogP contribution in [0.3, 0.4) is 0 Å². The van der Waals surface area contributed by atoms with Crippen LogP contribution in [-0.2, 0) is 28.0 Å². The minimum absolute atomic E-state index is 0.0190. The van der Waals surface area contributed by atoms with Gasteiger partial charge in [-0.1, -0.05) is 12.1 Å². The van der Waals surface area contributed by atoms with Gasteiger partial charge in [0.2, 0.25) is 0 Å². The Hall–Kier alpha value is -1.62. The molecule has 5 nitrogen and oxygen atoms in total. The van der Waals surface area contributed by atoms with E-state index < -0.39 is 22.5 Å². The van der Waals surface area contributed by atoms with E-state index in [9.17, 15) is 17.9 Å². The number of nitrogens with zero attached hydrogens (tertiary/aromatic N) is 1. The zero-order chi connectivity index (χ0) is 14.0. The summed E-state index contributed by atoms with van der Waals surface area (Å²) in [6, 6.07) is 6.23. The van der Waals surface area contributed by atoms with Gasteiger partial charge in [-0.25, -0.2) is 9.11 Å². The quantitative estimate of drug-likeness (QED) is 0.827. The summed E-state index contributed by atoms with van der Waals surface area (Å²) in [7, 11) is 0. The molecule has 1 N–H and O–H groups in total. The minimum atomic E-state index is -2.46. The van der Waals surface area contributed by atoms with Gasteiger partial charge in [0, 0.05) is 36.2 Å². The smallest absolute Gasteiger partial charge is 0.136 e. The highest BCUT2D eigenvalue weighted by molar-refractivity contribution is 7.77. The maximum atomic E-state index is 13.8. The molecular formula is C12H10FN2O3S-. The number of rotatable bonds is 4. The zero-order valence-corrected chi connectivity index (χ0v) is 10.6. The Labute approximate surface area is 111 Å². The molecule has 1 aromatic carbocycles. The van der Waals surface area contributed by atoms with Gasteiger partial charge in [0.1, 0.15) is 11.6 Å². The third-order valence-corrected chi connectivity index (χ3v) is 3.58. The molecule has 0 radical (unpaired) electrons. The predicted octanol–water partition coefficient (Wildman–Crippen LogP) is 0.834. The number of hydrogen-bond donors (Lipinski definition) is 1. The van der Waals surface area contributed by atoms with Gasteiger partial charge in [-0.15, -0.1) is 0 Å². The Morgan fingerprint density at radius 2 is 2.21 bits per heavy atom. The van der Waals surface area contributed by atoms with Crippen LogP contribution in [-0.4, -0.2) is 14.5 Å². The summed E-state index contributed by atoms with van der Waals surface area (Å²) in [5.41, 5.74) is -0.281. The number of benzene rings is 1. The SMILES string of the molecule is N#CC1(c2ccc(CNS(=O)[O-])c(F)c2)CC(=O)C1. The highest BCUT2D eigenvalue weighted by Gasteiger charge is 2.45. The van der Waals surface area contributed by atoms with Crippen molar-refractivity contribution >= 4 is 17.0 Å². The van der Waals surface area contributed by atoms with E-state index >= 15 is 0 Å². The molecular weight excluding hydrogens is 271 g/mol. The molecule has 0 spiro atoms. The fraction of sp³-hybridized carbons (Fsp3) is 0.333. The molecule has 0 aliphatic heterocycles. The van der Waals surface area contributed by atoms with Crippen LogP contribution in [0.1, 0.15) is 24.0 Å². The molecule has 1 aliphatic carbocycles. The molecule has 1 fully saturated rings. The molecule has 100 valence electrons. The highest BCUT2D eigenvalue weighted by atomic mass is 32.2. The number of hydrogen-bond acceptors (Lipinski definition) is 4. The summed E-state index contributed by atoms with van der Waals surface area (Å²) in [5.74, 6) is -0.612. The third-order valence-electron chi connectivity index (χ3n) is 3.20. The monoisotopic (exact) mass is 281 g/mol. The van der Waals surface area contributed by atoms with Crippen LogP contribution in [0, 0.1) is 17.1 Å². The van der Waals surface area contributed by atoms with Gasteiger partial charge in [-0.2, -0.15) is 5.26 Å². The van der Waals surface area contributed by atoms with Gasteiger partial charge in [0.15, 0.2) is 0 Å². The number of ketones is 1. The normalized spacial score (nSPS) is 18.5. The summed E-state index contributed by atoms with van der Waals surface area (Å²) in [6.45, 7) is -0.152. The van der Waals surface area contributed by atoms with Crippen molar-refractivity contribution in [3.63, 3.8) is 0 Å².